The first-order valence-electron chi connectivity index (χ1n) is 9.90. The number of nitrogens with one attached hydrogen (secondary N) is 1. The summed E-state index contributed by atoms with van der Waals surface area (Å²) in [7, 11) is 3.25. The van der Waals surface area contributed by atoms with Gasteiger partial charge in [0.25, 0.3) is 0 Å². The second-order valence-electron chi connectivity index (χ2n) is 7.25. The quantitative estimate of drug-likeness (QED) is 0.458. The van der Waals surface area contributed by atoms with E-state index in [1.165, 1.54) is 12.1 Å². The zero-order valence-electron chi connectivity index (χ0n) is 17.4. The third kappa shape index (κ3) is 4.69. The summed E-state index contributed by atoms with van der Waals surface area (Å²) in [4.78, 5) is 12.6. The number of fused-ring (bicyclic) bond motifs is 1. The number of carbonyl (C=O) groups is 1. The van der Waals surface area contributed by atoms with Crippen molar-refractivity contribution in [3.63, 3.8) is 0 Å². The lowest BCUT2D eigenvalue weighted by Crippen LogP contribution is -2.14. The molecule has 0 atom stereocenters. The van der Waals surface area contributed by atoms with Crippen LogP contribution in [0.3, 0.4) is 0 Å². The van der Waals surface area contributed by atoms with Gasteiger partial charge in [-0.1, -0.05) is 18.2 Å². The highest BCUT2D eigenvalue weighted by Gasteiger charge is 2.13. The molecule has 31 heavy (non-hydrogen) atoms. The number of benzene rings is 3. The molecule has 0 bridgehead atoms. The monoisotopic (exact) mass is 418 g/mol. The predicted molar refractivity (Wildman–Crippen MR) is 119 cm³/mol. The molecule has 4 aromatic rings. The first-order chi connectivity index (χ1) is 15.1. The molecule has 0 aliphatic heterocycles. The van der Waals surface area contributed by atoms with E-state index in [1.54, 1.807) is 26.4 Å². The van der Waals surface area contributed by atoms with E-state index >= 15 is 0 Å². The molecule has 0 aliphatic carbocycles. The summed E-state index contributed by atoms with van der Waals surface area (Å²) in [5.41, 5.74) is 3.55. The van der Waals surface area contributed by atoms with Gasteiger partial charge in [-0.2, -0.15) is 0 Å². The van der Waals surface area contributed by atoms with Crippen LogP contribution >= 0.6 is 0 Å². The van der Waals surface area contributed by atoms with E-state index in [0.717, 1.165) is 33.5 Å². The van der Waals surface area contributed by atoms with Gasteiger partial charge in [-0.05, 0) is 53.6 Å². The Morgan fingerprint density at radius 1 is 0.968 bits per heavy atom. The van der Waals surface area contributed by atoms with E-state index in [0.29, 0.717) is 12.2 Å². The van der Waals surface area contributed by atoms with Gasteiger partial charge >= 0.3 is 0 Å². The maximum Gasteiger partial charge on any atom is 0.228 e. The Balaban J connectivity index is 1.60. The lowest BCUT2D eigenvalue weighted by molar-refractivity contribution is -0.115. The Kier molecular flexibility index (Phi) is 5.89. The van der Waals surface area contributed by atoms with Gasteiger partial charge in [0.15, 0.2) is 0 Å². The smallest absolute Gasteiger partial charge is 0.228 e. The van der Waals surface area contributed by atoms with E-state index in [-0.39, 0.29) is 18.1 Å². The van der Waals surface area contributed by atoms with E-state index < -0.39 is 0 Å². The summed E-state index contributed by atoms with van der Waals surface area (Å²) in [5, 5.41) is 3.84. The third-order valence-electron chi connectivity index (χ3n) is 5.11. The number of amides is 1. The SMILES string of the molecule is COc1cc(Cn2cc(CC(=O)Nc3ccc(F)cc3)c3ccccc32)cc(OC)c1. The zero-order valence-corrected chi connectivity index (χ0v) is 17.4. The second kappa shape index (κ2) is 8.92. The number of nitrogens with zero attached hydrogens (tertiary/aromatic N) is 1. The Bertz CT molecular complexity index is 1190. The minimum Gasteiger partial charge on any atom is -0.497 e. The molecule has 1 heterocycles. The van der Waals surface area contributed by atoms with Crippen molar-refractivity contribution in [2.45, 2.75) is 13.0 Å². The molecule has 0 unspecified atom stereocenters. The van der Waals surface area contributed by atoms with E-state index in [2.05, 4.69) is 9.88 Å². The molecule has 1 aromatic heterocycles. The van der Waals surface area contributed by atoms with Crippen molar-refractivity contribution < 1.29 is 18.7 Å². The maximum absolute atomic E-state index is 13.1. The van der Waals surface area contributed by atoms with Crippen molar-refractivity contribution in [2.24, 2.45) is 0 Å². The summed E-state index contributed by atoms with van der Waals surface area (Å²) in [6, 6.07) is 19.5. The van der Waals surface area contributed by atoms with Crippen molar-refractivity contribution in [1.82, 2.24) is 4.57 Å². The van der Waals surface area contributed by atoms with E-state index in [9.17, 15) is 9.18 Å². The van der Waals surface area contributed by atoms with Gasteiger partial charge in [0.05, 0.1) is 20.6 Å². The number of anilines is 1. The van der Waals surface area contributed by atoms with Crippen LogP contribution in [-0.2, 0) is 17.8 Å². The Hall–Kier alpha value is -3.80. The molecular weight excluding hydrogens is 395 g/mol. The summed E-state index contributed by atoms with van der Waals surface area (Å²) in [5.74, 6) is 0.960. The number of carbonyl (C=O) groups excluding carboxylic acids is 1. The summed E-state index contributed by atoms with van der Waals surface area (Å²) in [6.07, 6.45) is 2.22. The van der Waals surface area contributed by atoms with Crippen molar-refractivity contribution in [3.8, 4) is 11.5 Å². The number of methoxy groups -OCH3 is 2. The van der Waals surface area contributed by atoms with Crippen LogP contribution < -0.4 is 14.8 Å². The van der Waals surface area contributed by atoms with Gasteiger partial charge in [0.2, 0.25) is 5.91 Å². The molecule has 3 aromatic carbocycles. The van der Waals surface area contributed by atoms with Gasteiger partial charge < -0.3 is 19.4 Å². The highest BCUT2D eigenvalue weighted by Crippen LogP contribution is 2.27. The molecule has 6 heteroatoms. The minimum atomic E-state index is -0.338. The first-order valence-corrected chi connectivity index (χ1v) is 9.90. The minimum absolute atomic E-state index is 0.155. The van der Waals surface area contributed by atoms with E-state index in [4.69, 9.17) is 9.47 Å². The Morgan fingerprint density at radius 3 is 2.32 bits per heavy atom. The van der Waals surface area contributed by atoms with Crippen molar-refractivity contribution >= 4 is 22.5 Å². The van der Waals surface area contributed by atoms with Gasteiger partial charge in [-0.3, -0.25) is 4.79 Å². The molecule has 0 saturated heterocycles. The fourth-order valence-electron chi connectivity index (χ4n) is 3.66. The fraction of sp³-hybridized carbons (Fsp3) is 0.160. The van der Waals surface area contributed by atoms with Gasteiger partial charge in [0, 0.05) is 35.4 Å². The molecule has 0 radical (unpaired) electrons. The number of rotatable bonds is 7. The number of aromatic nitrogens is 1. The van der Waals surface area contributed by atoms with Crippen LogP contribution in [0.15, 0.2) is 72.9 Å². The number of hydrogen-bond acceptors (Lipinski definition) is 3. The molecule has 158 valence electrons. The van der Waals surface area contributed by atoms with Crippen LogP contribution in [0, 0.1) is 5.82 Å². The molecule has 0 aliphatic rings. The lowest BCUT2D eigenvalue weighted by Gasteiger charge is -2.10. The summed E-state index contributed by atoms with van der Waals surface area (Å²) < 4.78 is 26.0. The topological polar surface area (TPSA) is 52.5 Å². The molecular formula is C25H23FN2O3. The first kappa shape index (κ1) is 20.5. The number of para-hydroxylation sites is 1. The average molecular weight is 418 g/mol. The largest absolute Gasteiger partial charge is 0.497 e. The van der Waals surface area contributed by atoms with Crippen LogP contribution in [0.4, 0.5) is 10.1 Å². The Morgan fingerprint density at radius 2 is 1.65 bits per heavy atom. The van der Waals surface area contributed by atoms with Crippen molar-refractivity contribution in [1.29, 1.82) is 0 Å². The van der Waals surface area contributed by atoms with Crippen LogP contribution in [0.2, 0.25) is 0 Å². The summed E-state index contributed by atoms with van der Waals surface area (Å²) >= 11 is 0. The molecule has 1 N–H and O–H groups in total. The zero-order chi connectivity index (χ0) is 21.8. The fourth-order valence-corrected chi connectivity index (χ4v) is 3.66. The standard InChI is InChI=1S/C25H23FN2O3/c1-30-21-11-17(12-22(14-21)31-2)15-28-16-18(23-5-3-4-6-24(23)28)13-25(29)27-20-9-7-19(26)8-10-20/h3-12,14,16H,13,15H2,1-2H3,(H,27,29). The average Bonchev–Trinajstić information content (AvgIpc) is 3.12. The van der Waals surface area contributed by atoms with Crippen LogP contribution in [-0.4, -0.2) is 24.7 Å². The molecule has 0 saturated carbocycles. The molecule has 4 rings (SSSR count). The van der Waals surface area contributed by atoms with E-state index in [1.807, 2.05) is 48.7 Å². The highest BCUT2D eigenvalue weighted by molar-refractivity contribution is 5.96. The normalized spacial score (nSPS) is 10.8. The second-order valence-corrected chi connectivity index (χ2v) is 7.25. The molecule has 0 fully saturated rings. The van der Waals surface area contributed by atoms with Crippen LogP contribution in [0.5, 0.6) is 11.5 Å². The van der Waals surface area contributed by atoms with Crippen molar-refractivity contribution in [2.75, 3.05) is 19.5 Å². The predicted octanol–water partition coefficient (Wildman–Crippen LogP) is 5.03. The highest BCUT2D eigenvalue weighted by atomic mass is 19.1. The number of ether oxygens (including phenoxy) is 2. The van der Waals surface area contributed by atoms with Gasteiger partial charge in [-0.25, -0.2) is 4.39 Å². The van der Waals surface area contributed by atoms with Gasteiger partial charge in [0.1, 0.15) is 17.3 Å². The molecule has 1 amide bonds. The number of hydrogen-bond donors (Lipinski definition) is 1. The van der Waals surface area contributed by atoms with Crippen LogP contribution in [0.25, 0.3) is 10.9 Å². The lowest BCUT2D eigenvalue weighted by atomic mass is 10.1. The molecule has 5 nitrogen and oxygen atoms in total. The third-order valence-corrected chi connectivity index (χ3v) is 5.11. The maximum atomic E-state index is 13.1. The molecule has 0 spiro atoms. The Labute approximate surface area is 180 Å². The van der Waals surface area contributed by atoms with Gasteiger partial charge in [-0.15, -0.1) is 0 Å². The van der Waals surface area contributed by atoms with Crippen LogP contribution in [0.1, 0.15) is 11.1 Å². The summed E-state index contributed by atoms with van der Waals surface area (Å²) in [6.45, 7) is 0.605. The number of halogens is 1. The van der Waals surface area contributed by atoms with Crippen molar-refractivity contribution in [3.05, 3.63) is 89.9 Å².